The second-order valence-electron chi connectivity index (χ2n) is 7.69. The highest BCUT2D eigenvalue weighted by molar-refractivity contribution is 6.42. The number of halogens is 2. The maximum absolute atomic E-state index is 9.55. The maximum Gasteiger partial charge on any atom is 0.328 e. The van der Waals surface area contributed by atoms with Crippen molar-refractivity contribution in [3.63, 3.8) is 0 Å². The normalized spacial score (nSPS) is 29.5. The third kappa shape index (κ3) is 5.47. The molecule has 2 N–H and O–H groups in total. The molecule has 31 heavy (non-hydrogen) atoms. The summed E-state index contributed by atoms with van der Waals surface area (Å²) in [6.45, 7) is 5.08. The van der Waals surface area contributed by atoms with Crippen LogP contribution in [-0.2, 0) is 14.4 Å². The van der Waals surface area contributed by atoms with Crippen LogP contribution in [0.4, 0.5) is 0 Å². The van der Waals surface area contributed by atoms with Gasteiger partial charge < -0.3 is 15.1 Å². The van der Waals surface area contributed by atoms with E-state index in [9.17, 15) is 9.59 Å². The number of hydrogen-bond acceptors (Lipinski definition) is 5. The lowest BCUT2D eigenvalue weighted by Crippen LogP contribution is -2.40. The third-order valence-electron chi connectivity index (χ3n) is 5.91. The van der Waals surface area contributed by atoms with Crippen LogP contribution in [0.15, 0.2) is 48.2 Å². The summed E-state index contributed by atoms with van der Waals surface area (Å²) in [6.07, 6.45) is 6.56. The Balaban J connectivity index is 0.000000293. The van der Waals surface area contributed by atoms with E-state index in [2.05, 4.69) is 22.7 Å². The zero-order chi connectivity index (χ0) is 22.5. The van der Waals surface area contributed by atoms with Gasteiger partial charge in [-0.15, -0.1) is 0 Å². The first-order valence-corrected chi connectivity index (χ1v) is 10.7. The van der Waals surface area contributed by atoms with E-state index in [-0.39, 0.29) is 0 Å². The summed E-state index contributed by atoms with van der Waals surface area (Å²) in [6, 6.07) is 7.31. The molecular weight excluding hydrogens is 443 g/mol. The standard InChI is InChI=1S/C18H20Cl2N2O.C4H4O4/c1-2-7-23-21-16-10-22-12-4-6-17(22)18(16)13(9-12)11-3-5-14(19)15(20)8-11;5-3(6)1-2-4(7)8/h2-3,5,8,12-13,17-18H,1,4,6-7,9-10H2;1-2H,(H,5,6)(H,7,8)/b;2-1+/t12-,13+,17+,18-;/m0./s1. The fourth-order valence-corrected chi connectivity index (χ4v) is 5.10. The molecule has 3 heterocycles. The highest BCUT2D eigenvalue weighted by Crippen LogP contribution is 2.51. The van der Waals surface area contributed by atoms with Crippen molar-refractivity contribution < 1.29 is 24.6 Å². The Labute approximate surface area is 190 Å². The van der Waals surface area contributed by atoms with Crippen molar-refractivity contribution in [2.24, 2.45) is 11.1 Å². The highest BCUT2D eigenvalue weighted by atomic mass is 35.5. The van der Waals surface area contributed by atoms with Crippen LogP contribution < -0.4 is 0 Å². The zero-order valence-electron chi connectivity index (χ0n) is 16.8. The van der Waals surface area contributed by atoms with Crippen LogP contribution in [0.5, 0.6) is 0 Å². The van der Waals surface area contributed by atoms with Crippen LogP contribution in [-0.4, -0.2) is 58.0 Å². The number of aliphatic carboxylic acids is 2. The monoisotopic (exact) mass is 466 g/mol. The minimum absolute atomic E-state index is 0.427. The predicted molar refractivity (Wildman–Crippen MR) is 119 cm³/mol. The lowest BCUT2D eigenvalue weighted by atomic mass is 9.77. The molecule has 0 aromatic heterocycles. The van der Waals surface area contributed by atoms with Gasteiger partial charge in [0, 0.05) is 36.7 Å². The van der Waals surface area contributed by atoms with Gasteiger partial charge in [-0.1, -0.05) is 47.1 Å². The van der Waals surface area contributed by atoms with E-state index in [1.165, 1.54) is 30.5 Å². The van der Waals surface area contributed by atoms with Gasteiger partial charge in [0.1, 0.15) is 6.61 Å². The van der Waals surface area contributed by atoms with Crippen LogP contribution in [0.1, 0.15) is 30.7 Å². The lowest BCUT2D eigenvalue weighted by Gasteiger charge is -2.36. The molecule has 1 aromatic carbocycles. The fourth-order valence-electron chi connectivity index (χ4n) is 4.80. The summed E-state index contributed by atoms with van der Waals surface area (Å²) in [4.78, 5) is 27.1. The number of carboxylic acid groups (broad SMARTS) is 2. The first kappa shape index (κ1) is 23.3. The number of oxime groups is 1. The molecule has 3 aliphatic rings. The number of rotatable bonds is 6. The topological polar surface area (TPSA) is 99.4 Å². The van der Waals surface area contributed by atoms with Gasteiger partial charge in [0.05, 0.1) is 15.8 Å². The molecule has 5 atom stereocenters. The second-order valence-corrected chi connectivity index (χ2v) is 8.50. The van der Waals surface area contributed by atoms with Crippen molar-refractivity contribution in [1.29, 1.82) is 0 Å². The van der Waals surface area contributed by atoms with E-state index in [1.807, 2.05) is 12.1 Å². The van der Waals surface area contributed by atoms with Gasteiger partial charge in [0.15, 0.2) is 0 Å². The molecule has 0 saturated carbocycles. The molecule has 4 bridgehead atoms. The summed E-state index contributed by atoms with van der Waals surface area (Å²) < 4.78 is 0. The largest absolute Gasteiger partial charge is 0.478 e. The van der Waals surface area contributed by atoms with Crippen molar-refractivity contribution >= 4 is 40.9 Å². The van der Waals surface area contributed by atoms with Crippen LogP contribution >= 0.6 is 23.2 Å². The summed E-state index contributed by atoms with van der Waals surface area (Å²) in [5.74, 6) is -1.64. The Morgan fingerprint density at radius 1 is 1.19 bits per heavy atom. The molecule has 3 fully saturated rings. The van der Waals surface area contributed by atoms with Crippen molar-refractivity contribution in [1.82, 2.24) is 4.90 Å². The summed E-state index contributed by atoms with van der Waals surface area (Å²) in [5.41, 5.74) is 2.45. The maximum atomic E-state index is 9.55. The van der Waals surface area contributed by atoms with Crippen molar-refractivity contribution in [3.8, 4) is 0 Å². The molecule has 0 radical (unpaired) electrons. The number of piperidine rings is 1. The van der Waals surface area contributed by atoms with Crippen LogP contribution in [0.2, 0.25) is 10.0 Å². The van der Waals surface area contributed by atoms with Crippen molar-refractivity contribution in [3.05, 3.63) is 58.6 Å². The molecule has 1 unspecified atom stereocenters. The van der Waals surface area contributed by atoms with E-state index in [1.54, 1.807) is 6.08 Å². The van der Waals surface area contributed by atoms with Gasteiger partial charge in [-0.3, -0.25) is 4.90 Å². The highest BCUT2D eigenvalue weighted by Gasteiger charge is 2.54. The molecule has 4 rings (SSSR count). The van der Waals surface area contributed by atoms with Gasteiger partial charge in [0.25, 0.3) is 0 Å². The van der Waals surface area contributed by atoms with Gasteiger partial charge in [-0.05, 0) is 42.9 Å². The summed E-state index contributed by atoms with van der Waals surface area (Å²) in [7, 11) is 0. The third-order valence-corrected chi connectivity index (χ3v) is 6.65. The SMILES string of the molecule is C=CCON=C1CN2[C@H]3CC[C@@H]2[C@H]1[C@@H](c1ccc(Cl)c(Cl)c1)C3.O=C(O)/C=C/C(=O)O. The quantitative estimate of drug-likeness (QED) is 0.281. The molecule has 7 nitrogen and oxygen atoms in total. The number of carbonyl (C=O) groups is 2. The first-order chi connectivity index (χ1) is 14.8. The van der Waals surface area contributed by atoms with Crippen LogP contribution in [0.3, 0.4) is 0 Å². The Kier molecular flexibility index (Phi) is 7.75. The Bertz CT molecular complexity index is 901. The fraction of sp³-hybridized carbons (Fsp3) is 0.409. The van der Waals surface area contributed by atoms with Gasteiger partial charge in [-0.25, -0.2) is 9.59 Å². The van der Waals surface area contributed by atoms with Gasteiger partial charge >= 0.3 is 11.9 Å². The molecule has 1 aromatic rings. The van der Waals surface area contributed by atoms with E-state index in [0.717, 1.165) is 6.54 Å². The number of carboxylic acids is 2. The minimum atomic E-state index is -1.26. The Morgan fingerprint density at radius 2 is 1.90 bits per heavy atom. The van der Waals surface area contributed by atoms with E-state index < -0.39 is 11.9 Å². The molecule has 166 valence electrons. The van der Waals surface area contributed by atoms with Gasteiger partial charge in [-0.2, -0.15) is 0 Å². The molecule has 3 aliphatic heterocycles. The molecule has 0 spiro atoms. The van der Waals surface area contributed by atoms with Crippen molar-refractivity contribution in [2.45, 2.75) is 37.3 Å². The van der Waals surface area contributed by atoms with Gasteiger partial charge in [0.2, 0.25) is 0 Å². The first-order valence-electron chi connectivity index (χ1n) is 9.96. The Morgan fingerprint density at radius 3 is 2.52 bits per heavy atom. The average Bonchev–Trinajstić information content (AvgIpc) is 3.14. The molecule has 0 aliphatic carbocycles. The number of nitrogens with zero attached hydrogens (tertiary/aromatic N) is 2. The number of benzene rings is 1. The van der Waals surface area contributed by atoms with Crippen molar-refractivity contribution in [2.75, 3.05) is 13.2 Å². The van der Waals surface area contributed by atoms with E-state index >= 15 is 0 Å². The molecule has 9 heteroatoms. The average molecular weight is 467 g/mol. The summed E-state index contributed by atoms with van der Waals surface area (Å²) >= 11 is 12.3. The smallest absolute Gasteiger partial charge is 0.328 e. The van der Waals surface area contributed by atoms with E-state index in [4.69, 9.17) is 38.3 Å². The number of hydrogen-bond donors (Lipinski definition) is 2. The predicted octanol–water partition coefficient (Wildman–Crippen LogP) is 4.21. The minimum Gasteiger partial charge on any atom is -0.478 e. The Hall–Kier alpha value is -2.35. The van der Waals surface area contributed by atoms with Crippen LogP contribution in [0.25, 0.3) is 0 Å². The molecular formula is C22H24Cl2N2O5. The lowest BCUT2D eigenvalue weighted by molar-refractivity contribution is -0.134. The van der Waals surface area contributed by atoms with Crippen LogP contribution in [0, 0.1) is 5.92 Å². The van der Waals surface area contributed by atoms with E-state index in [0.29, 0.717) is 52.7 Å². The zero-order valence-corrected chi connectivity index (χ0v) is 18.3. The molecule has 3 saturated heterocycles. The summed E-state index contributed by atoms with van der Waals surface area (Å²) in [5, 5.41) is 21.3. The second kappa shape index (κ2) is 10.3. The molecule has 0 amide bonds.